The first kappa shape index (κ1) is 13.5. The maximum Gasteiger partial charge on any atom is 0.231 e. The number of thiocarbonyl (C=S) groups is 1. The van der Waals surface area contributed by atoms with Gasteiger partial charge in [0, 0.05) is 24.8 Å². The highest BCUT2D eigenvalue weighted by Gasteiger charge is 2.24. The third-order valence-corrected chi connectivity index (χ3v) is 3.69. The van der Waals surface area contributed by atoms with E-state index < -0.39 is 0 Å². The second-order valence-corrected chi connectivity index (χ2v) is 5.55. The van der Waals surface area contributed by atoms with Gasteiger partial charge >= 0.3 is 0 Å². The summed E-state index contributed by atoms with van der Waals surface area (Å²) < 4.78 is 16.4. The quantitative estimate of drug-likeness (QED) is 0.801. The standard InChI is InChI=1S/C14H18N2O3S/c1-9-6-16(7-10(2)19-9)14(20)15-11-3-4-12-13(5-11)18-8-17-12/h3-5,9-10H,6-8H2,1-2H3,(H,15,20)/t9-,10-/m0/s1. The van der Waals surface area contributed by atoms with Crippen LogP contribution in [0.15, 0.2) is 18.2 Å². The van der Waals surface area contributed by atoms with E-state index in [0.717, 1.165) is 30.3 Å². The van der Waals surface area contributed by atoms with Crippen LogP contribution in [0.25, 0.3) is 0 Å². The molecule has 0 radical (unpaired) electrons. The number of ether oxygens (including phenoxy) is 3. The van der Waals surface area contributed by atoms with E-state index in [-0.39, 0.29) is 19.0 Å². The lowest BCUT2D eigenvalue weighted by molar-refractivity contribution is -0.0473. The highest BCUT2D eigenvalue weighted by atomic mass is 32.1. The van der Waals surface area contributed by atoms with Crippen LogP contribution in [0.3, 0.4) is 0 Å². The first-order chi connectivity index (χ1) is 9.61. The molecule has 0 amide bonds. The van der Waals surface area contributed by atoms with Crippen LogP contribution in [0, 0.1) is 0 Å². The summed E-state index contributed by atoms with van der Waals surface area (Å²) in [6.07, 6.45) is 0.380. The van der Waals surface area contributed by atoms with Crippen molar-refractivity contribution in [2.45, 2.75) is 26.1 Å². The molecule has 0 aliphatic carbocycles. The molecule has 1 aromatic carbocycles. The van der Waals surface area contributed by atoms with Crippen LogP contribution >= 0.6 is 12.2 Å². The number of rotatable bonds is 1. The van der Waals surface area contributed by atoms with E-state index in [9.17, 15) is 0 Å². The molecule has 2 atom stereocenters. The number of benzene rings is 1. The minimum atomic E-state index is 0.190. The Labute approximate surface area is 123 Å². The Bertz CT molecular complexity index is 513. The smallest absolute Gasteiger partial charge is 0.231 e. The molecule has 1 N–H and O–H groups in total. The van der Waals surface area contributed by atoms with Gasteiger partial charge in [0.15, 0.2) is 16.6 Å². The number of fused-ring (bicyclic) bond motifs is 1. The fourth-order valence-corrected chi connectivity index (χ4v) is 2.79. The second kappa shape index (κ2) is 5.46. The van der Waals surface area contributed by atoms with Gasteiger partial charge in [0.2, 0.25) is 6.79 Å². The molecule has 0 aromatic heterocycles. The molecule has 0 spiro atoms. The van der Waals surface area contributed by atoms with E-state index in [0.29, 0.717) is 5.11 Å². The molecule has 2 aliphatic heterocycles. The molecule has 1 aromatic rings. The lowest BCUT2D eigenvalue weighted by Crippen LogP contribution is -2.49. The van der Waals surface area contributed by atoms with Crippen molar-refractivity contribution in [2.75, 3.05) is 25.2 Å². The predicted octanol–water partition coefficient (Wildman–Crippen LogP) is 2.22. The third kappa shape index (κ3) is 2.81. The SMILES string of the molecule is C[C@H]1CN(C(=S)Nc2ccc3c(c2)OCO3)C[C@H](C)O1. The Kier molecular flexibility index (Phi) is 3.67. The van der Waals surface area contributed by atoms with Gasteiger partial charge in [0.1, 0.15) is 0 Å². The molecule has 108 valence electrons. The summed E-state index contributed by atoms with van der Waals surface area (Å²) in [5.41, 5.74) is 0.908. The summed E-state index contributed by atoms with van der Waals surface area (Å²) in [6, 6.07) is 5.73. The van der Waals surface area contributed by atoms with E-state index in [2.05, 4.69) is 24.1 Å². The van der Waals surface area contributed by atoms with Crippen LogP contribution < -0.4 is 14.8 Å². The first-order valence-corrected chi connectivity index (χ1v) is 7.13. The molecule has 6 heteroatoms. The Morgan fingerprint density at radius 3 is 2.65 bits per heavy atom. The molecule has 1 saturated heterocycles. The minimum absolute atomic E-state index is 0.190. The lowest BCUT2D eigenvalue weighted by atomic mass is 10.2. The van der Waals surface area contributed by atoms with Crippen LogP contribution in [0.2, 0.25) is 0 Å². The second-order valence-electron chi connectivity index (χ2n) is 5.16. The third-order valence-electron chi connectivity index (χ3n) is 3.33. The molecule has 0 bridgehead atoms. The molecule has 1 fully saturated rings. The van der Waals surface area contributed by atoms with Gasteiger partial charge in [-0.3, -0.25) is 0 Å². The van der Waals surface area contributed by atoms with Gasteiger partial charge in [-0.25, -0.2) is 0 Å². The molecule has 5 nitrogen and oxygen atoms in total. The van der Waals surface area contributed by atoms with E-state index in [1.54, 1.807) is 0 Å². The zero-order valence-corrected chi connectivity index (χ0v) is 12.4. The minimum Gasteiger partial charge on any atom is -0.454 e. The maximum absolute atomic E-state index is 5.71. The van der Waals surface area contributed by atoms with Crippen LogP contribution in [0.4, 0.5) is 5.69 Å². The number of anilines is 1. The van der Waals surface area contributed by atoms with Crippen LogP contribution in [0.5, 0.6) is 11.5 Å². The van der Waals surface area contributed by atoms with Gasteiger partial charge < -0.3 is 24.4 Å². The van der Waals surface area contributed by atoms with Gasteiger partial charge in [0.25, 0.3) is 0 Å². The van der Waals surface area contributed by atoms with Crippen molar-refractivity contribution in [3.05, 3.63) is 18.2 Å². The van der Waals surface area contributed by atoms with Crippen molar-refractivity contribution < 1.29 is 14.2 Å². The fraction of sp³-hybridized carbons (Fsp3) is 0.500. The van der Waals surface area contributed by atoms with Crippen LogP contribution in [0.1, 0.15) is 13.8 Å². The largest absolute Gasteiger partial charge is 0.454 e. The molecule has 2 aliphatic rings. The molecular weight excluding hydrogens is 276 g/mol. The normalized spacial score (nSPS) is 24.6. The maximum atomic E-state index is 5.71. The van der Waals surface area contributed by atoms with E-state index >= 15 is 0 Å². The van der Waals surface area contributed by atoms with Crippen LogP contribution in [-0.2, 0) is 4.74 Å². The Morgan fingerprint density at radius 1 is 1.20 bits per heavy atom. The van der Waals surface area contributed by atoms with E-state index in [1.165, 1.54) is 0 Å². The summed E-state index contributed by atoms with van der Waals surface area (Å²) >= 11 is 5.48. The molecular formula is C14H18N2O3S. The van der Waals surface area contributed by atoms with Gasteiger partial charge in [-0.15, -0.1) is 0 Å². The fourth-order valence-electron chi connectivity index (χ4n) is 2.52. The summed E-state index contributed by atoms with van der Waals surface area (Å²) in [4.78, 5) is 2.14. The van der Waals surface area contributed by atoms with Crippen molar-refractivity contribution in [3.63, 3.8) is 0 Å². The van der Waals surface area contributed by atoms with Crippen LogP contribution in [-0.4, -0.2) is 42.1 Å². The van der Waals surface area contributed by atoms with Crippen molar-refractivity contribution in [1.82, 2.24) is 4.90 Å². The van der Waals surface area contributed by atoms with Gasteiger partial charge in [0.05, 0.1) is 12.2 Å². The predicted molar refractivity (Wildman–Crippen MR) is 80.4 cm³/mol. The monoisotopic (exact) mass is 294 g/mol. The summed E-state index contributed by atoms with van der Waals surface area (Å²) in [5, 5.41) is 3.96. The number of hydrogen-bond acceptors (Lipinski definition) is 4. The summed E-state index contributed by atoms with van der Waals surface area (Å²) in [5.74, 6) is 1.52. The summed E-state index contributed by atoms with van der Waals surface area (Å²) in [7, 11) is 0. The highest BCUT2D eigenvalue weighted by molar-refractivity contribution is 7.80. The molecule has 0 saturated carbocycles. The Hall–Kier alpha value is -1.53. The topological polar surface area (TPSA) is 43.0 Å². The molecule has 3 rings (SSSR count). The molecule has 20 heavy (non-hydrogen) atoms. The Balaban J connectivity index is 1.66. The van der Waals surface area contributed by atoms with Crippen molar-refractivity contribution in [3.8, 4) is 11.5 Å². The van der Waals surface area contributed by atoms with Crippen molar-refractivity contribution >= 4 is 23.0 Å². The lowest BCUT2D eigenvalue weighted by Gasteiger charge is -2.36. The van der Waals surface area contributed by atoms with Gasteiger partial charge in [-0.2, -0.15) is 0 Å². The average Bonchev–Trinajstić information content (AvgIpc) is 2.85. The van der Waals surface area contributed by atoms with Gasteiger partial charge in [-0.05, 0) is 38.2 Å². The average molecular weight is 294 g/mol. The zero-order valence-electron chi connectivity index (χ0n) is 11.6. The molecule has 0 unspecified atom stereocenters. The number of nitrogens with zero attached hydrogens (tertiary/aromatic N) is 1. The van der Waals surface area contributed by atoms with E-state index in [1.807, 2.05) is 18.2 Å². The zero-order chi connectivity index (χ0) is 14.1. The number of hydrogen-bond donors (Lipinski definition) is 1. The van der Waals surface area contributed by atoms with Crippen molar-refractivity contribution in [2.24, 2.45) is 0 Å². The van der Waals surface area contributed by atoms with E-state index in [4.69, 9.17) is 26.4 Å². The highest BCUT2D eigenvalue weighted by Crippen LogP contribution is 2.34. The number of nitrogens with one attached hydrogen (secondary N) is 1. The molecule has 2 heterocycles. The van der Waals surface area contributed by atoms with Crippen molar-refractivity contribution in [1.29, 1.82) is 0 Å². The summed E-state index contributed by atoms with van der Waals surface area (Å²) in [6.45, 7) is 6.01. The number of morpholine rings is 1. The van der Waals surface area contributed by atoms with Gasteiger partial charge in [-0.1, -0.05) is 0 Å². The first-order valence-electron chi connectivity index (χ1n) is 6.73. The Morgan fingerprint density at radius 2 is 1.90 bits per heavy atom.